The van der Waals surface area contributed by atoms with Gasteiger partial charge < -0.3 is 59.5 Å². The third kappa shape index (κ3) is 30.7. The summed E-state index contributed by atoms with van der Waals surface area (Å²) in [5, 5.41) is 47.2. The topological polar surface area (TPSA) is 401 Å². The van der Waals surface area contributed by atoms with E-state index >= 15 is 0 Å². The van der Waals surface area contributed by atoms with Crippen LogP contribution in [0.5, 0.6) is 0 Å². The highest BCUT2D eigenvalue weighted by molar-refractivity contribution is 7.13. The van der Waals surface area contributed by atoms with E-state index in [0.29, 0.717) is 12.3 Å². The summed E-state index contributed by atoms with van der Waals surface area (Å²) >= 11 is 3.20. The maximum Gasteiger partial charge on any atom is 0.243 e. The van der Waals surface area contributed by atoms with Crippen molar-refractivity contribution in [3.63, 3.8) is 0 Å². The molecule has 142 heavy (non-hydrogen) atoms. The lowest BCUT2D eigenvalue weighted by Crippen LogP contribution is -2.50. The highest BCUT2D eigenvalue weighted by Gasteiger charge is 2.50. The summed E-state index contributed by atoms with van der Waals surface area (Å²) in [6, 6.07) is 28.8. The molecule has 0 radical (unpaired) electrons. The number of aliphatic hydroxyl groups is 4. The van der Waals surface area contributed by atoms with E-state index in [4.69, 9.17) is 8.83 Å². The number of oxazole rings is 2. The number of aliphatic hydroxyl groups excluding tert-OH is 4. The average Bonchev–Trinajstić information content (AvgIpc) is 1.64. The van der Waals surface area contributed by atoms with Crippen LogP contribution in [0.25, 0.3) is 43.5 Å². The Kier molecular flexibility index (Phi) is 40.2. The molecule has 0 unspecified atom stereocenters. The first-order valence-corrected chi connectivity index (χ1v) is 51.8. The predicted molar refractivity (Wildman–Crippen MR) is 552 cm³/mol. The summed E-state index contributed by atoms with van der Waals surface area (Å²) < 4.78 is 10.9. The van der Waals surface area contributed by atoms with Gasteiger partial charge in [0.1, 0.15) is 35.2 Å². The van der Waals surface area contributed by atoms with Crippen LogP contribution >= 0.6 is 22.7 Å². The first-order chi connectivity index (χ1) is 66.3. The van der Waals surface area contributed by atoms with Gasteiger partial charge in [0.15, 0.2) is 35.9 Å². The quantitative estimate of drug-likeness (QED) is 0.0218. The first kappa shape index (κ1) is 115. The molecule has 4 aromatic carbocycles. The number of carbonyl (C=O) groups is 12. The number of β-amino-alcohol motifs (C(OH)–C–C–N with tert-alkyl or cyclic N) is 4. The van der Waals surface area contributed by atoms with Crippen LogP contribution in [0.15, 0.2) is 130 Å². The molecule has 4 aliphatic heterocycles. The van der Waals surface area contributed by atoms with E-state index in [1.807, 2.05) is 276 Å². The lowest BCUT2D eigenvalue weighted by Gasteiger charge is -2.35. The number of nitrogens with one attached hydrogen (secondary N) is 2. The molecule has 4 saturated heterocycles. The Morgan fingerprint density at radius 2 is 0.592 bits per heavy atom. The Bertz CT molecular complexity index is 5300. The van der Waals surface area contributed by atoms with Crippen molar-refractivity contribution in [3.8, 4) is 43.5 Å². The number of Topliss-reactive ketones (excluding diaryl/α,β-unsaturated/α-hetero) is 6. The second-order valence-corrected chi connectivity index (χ2v) is 46.6. The predicted octanol–water partition coefficient (Wildman–Crippen LogP) is 17.9. The standard InChI is InChI=1S/C29H40N2O5.C29H40N2O4S.C27H37N3O5.C27H37N3O4S/c2*1-17(2)25(33)14-23(29(5,6)7)28(35)31-15-22(32)13-24(31)26(34)12-18(3)20-8-10-21(11-9-20)27-19(4)30-16-36-27;2*1-16(2)23(32)12-21(27(4,5)6)26(34)30-14-20(31)11-22(30)25(33)28-13-18-7-9-19(10-8-18)24-17(3)29-15-35-24/h2*8-11,16-18,22-24,32H,12-15H2,1-7H3;2*7-10,15-16,20-22,31H,11-14H2,1-6H3,(H,28,33)/t2*18-,22-,23-,24+;2*20-,21-,22+/m1111/s1. The number of aryl methyl sites for hydroxylation is 4. The fourth-order valence-corrected chi connectivity index (χ4v) is 20.1. The second kappa shape index (κ2) is 49.7. The minimum atomic E-state index is -0.777. The summed E-state index contributed by atoms with van der Waals surface area (Å²) in [5.41, 5.74) is 13.4. The van der Waals surface area contributed by atoms with Gasteiger partial charge >= 0.3 is 0 Å². The highest BCUT2D eigenvalue weighted by Crippen LogP contribution is 2.42. The van der Waals surface area contributed by atoms with E-state index in [1.54, 1.807) is 27.6 Å². The molecule has 30 heteroatoms. The van der Waals surface area contributed by atoms with Crippen molar-refractivity contribution in [2.75, 3.05) is 26.2 Å². The third-order valence-corrected chi connectivity index (χ3v) is 30.0. The van der Waals surface area contributed by atoms with Crippen molar-refractivity contribution in [1.82, 2.24) is 50.2 Å². The molecule has 4 aromatic heterocycles. The fraction of sp³-hybridized carbons (Fsp3) is 0.571. The Labute approximate surface area is 847 Å². The smallest absolute Gasteiger partial charge is 0.243 e. The highest BCUT2D eigenvalue weighted by atomic mass is 32.1. The minimum absolute atomic E-state index is 0.0167. The lowest BCUT2D eigenvalue weighted by molar-refractivity contribution is -0.146. The van der Waals surface area contributed by atoms with Crippen LogP contribution in [0.2, 0.25) is 0 Å². The number of rotatable bonds is 34. The van der Waals surface area contributed by atoms with Crippen LogP contribution < -0.4 is 10.6 Å². The molecule has 0 saturated carbocycles. The number of likely N-dealkylation sites (tertiary alicyclic amines) is 4. The van der Waals surface area contributed by atoms with Gasteiger partial charge in [0.25, 0.3) is 0 Å². The summed E-state index contributed by atoms with van der Waals surface area (Å²) in [6.45, 7) is 50.7. The fourth-order valence-electron chi connectivity index (χ4n) is 18.5. The average molecular weight is 1990 g/mol. The molecule has 0 bridgehead atoms. The van der Waals surface area contributed by atoms with E-state index < -0.39 is 93.9 Å². The molecule has 0 aliphatic carbocycles. The third-order valence-electron chi connectivity index (χ3n) is 28.0. The van der Waals surface area contributed by atoms with E-state index in [-0.39, 0.29) is 203 Å². The van der Waals surface area contributed by atoms with Gasteiger partial charge in [-0.2, -0.15) is 0 Å². The number of hydrogen-bond donors (Lipinski definition) is 6. The summed E-state index contributed by atoms with van der Waals surface area (Å²) in [4.78, 5) is 182. The molecule has 8 aromatic rings. The largest absolute Gasteiger partial charge is 0.443 e. The van der Waals surface area contributed by atoms with Crippen LogP contribution in [-0.2, 0) is 70.6 Å². The van der Waals surface area contributed by atoms with Crippen molar-refractivity contribution in [2.24, 2.45) is 69.0 Å². The molecule has 4 aliphatic rings. The molecular weight excluding hydrogens is 1840 g/mol. The zero-order chi connectivity index (χ0) is 105. The lowest BCUT2D eigenvalue weighted by atomic mass is 9.75. The van der Waals surface area contributed by atoms with Gasteiger partial charge in [-0.15, -0.1) is 22.7 Å². The van der Waals surface area contributed by atoms with Crippen LogP contribution in [-0.4, -0.2) is 205 Å². The van der Waals surface area contributed by atoms with Crippen LogP contribution in [0, 0.1) is 96.7 Å². The van der Waals surface area contributed by atoms with Crippen molar-refractivity contribution < 1.29 is 86.8 Å². The Balaban J connectivity index is 0.000000211. The number of benzene rings is 4. The van der Waals surface area contributed by atoms with Gasteiger partial charge in [-0.3, -0.25) is 57.5 Å². The van der Waals surface area contributed by atoms with Crippen molar-refractivity contribution in [3.05, 3.63) is 166 Å². The summed E-state index contributed by atoms with van der Waals surface area (Å²) in [7, 11) is 0. The number of hydrogen-bond acceptors (Lipinski definition) is 24. The van der Waals surface area contributed by atoms with Crippen molar-refractivity contribution >= 4 is 92.8 Å². The zero-order valence-corrected chi connectivity index (χ0v) is 89.8. The van der Waals surface area contributed by atoms with Gasteiger partial charge in [-0.05, 0) is 94.6 Å². The van der Waals surface area contributed by atoms with E-state index in [2.05, 4.69) is 42.7 Å². The number of nitrogens with zero attached hydrogens (tertiary/aromatic N) is 8. The molecule has 0 spiro atoms. The number of thiazole rings is 2. The Morgan fingerprint density at radius 3 is 0.831 bits per heavy atom. The number of ketones is 6. The maximum atomic E-state index is 13.7. The Morgan fingerprint density at radius 1 is 0.345 bits per heavy atom. The van der Waals surface area contributed by atoms with Crippen molar-refractivity contribution in [2.45, 2.75) is 318 Å². The first-order valence-electron chi connectivity index (χ1n) is 50.0. The van der Waals surface area contributed by atoms with Gasteiger partial charge in [-0.1, -0.05) is 249 Å². The SMILES string of the molecule is Cc1ncoc1-c1ccc(CNC(=O)[C@@H]2C[C@@H](O)CN2C(=O)[C@@H](CC(=O)C(C)C)C(C)(C)C)cc1.Cc1ncoc1-c1ccc([C@H](C)CC(=O)[C@@H]2C[C@@H](O)CN2C(=O)[C@@H](CC(=O)C(C)C)C(C)(C)C)cc1.Cc1ncsc1-c1ccc(CNC(=O)[C@@H]2C[C@@H](O)CN2C(=O)[C@@H](CC(=O)C(C)C)C(C)(C)C)cc1.Cc1ncsc1-c1ccc([C@H](C)CC(=O)[C@@H]2C[C@@H](O)CN2C(=O)[C@@H](CC(=O)C(C)C)C(C)(C)C)cc1. The molecule has 6 N–H and O–H groups in total. The number of amides is 6. The van der Waals surface area contributed by atoms with Gasteiger partial charge in [0, 0.05) is 162 Å². The molecule has 772 valence electrons. The molecule has 12 rings (SSSR count). The number of carbonyl (C=O) groups excluding carboxylic acids is 12. The molecule has 4 fully saturated rings. The van der Waals surface area contributed by atoms with Crippen LogP contribution in [0.4, 0.5) is 0 Å². The zero-order valence-electron chi connectivity index (χ0n) is 88.2. The molecule has 8 heterocycles. The number of aromatic nitrogens is 4. The monoisotopic (exact) mass is 1990 g/mol. The summed E-state index contributed by atoms with van der Waals surface area (Å²) in [6.07, 6.45) is 1.73. The van der Waals surface area contributed by atoms with Crippen molar-refractivity contribution in [1.29, 1.82) is 0 Å². The van der Waals surface area contributed by atoms with E-state index in [9.17, 15) is 78.0 Å². The molecule has 28 nitrogen and oxygen atoms in total. The maximum absolute atomic E-state index is 13.7. The summed E-state index contributed by atoms with van der Waals surface area (Å²) in [5.74, 6) is -3.02. The minimum Gasteiger partial charge on any atom is -0.443 e. The molecular formula is C112H154N10O18S2. The molecule has 6 amide bonds. The molecule has 14 atom stereocenters. The van der Waals surface area contributed by atoms with Gasteiger partial charge in [0.05, 0.1) is 80.1 Å². The van der Waals surface area contributed by atoms with Crippen LogP contribution in [0.3, 0.4) is 0 Å². The van der Waals surface area contributed by atoms with E-state index in [0.717, 1.165) is 82.8 Å². The second-order valence-electron chi connectivity index (χ2n) is 44.8. The van der Waals surface area contributed by atoms with Gasteiger partial charge in [-0.25, -0.2) is 19.9 Å². The van der Waals surface area contributed by atoms with Crippen LogP contribution in [0.1, 0.15) is 273 Å². The normalized spacial score (nSPS) is 19.6. The van der Waals surface area contributed by atoms with E-state index in [1.165, 1.54) is 27.5 Å². The Hall–Kier alpha value is -10.8. The van der Waals surface area contributed by atoms with Gasteiger partial charge in [0.2, 0.25) is 35.4 Å².